The number of aryl methyl sites for hydroxylation is 1. The molecule has 0 radical (unpaired) electrons. The van der Waals surface area contributed by atoms with Gasteiger partial charge in [0.25, 0.3) is 0 Å². The van der Waals surface area contributed by atoms with E-state index in [9.17, 15) is 15.0 Å². The van der Waals surface area contributed by atoms with Gasteiger partial charge in [-0.05, 0) is 24.6 Å². The van der Waals surface area contributed by atoms with Gasteiger partial charge in [0.15, 0.2) is 6.29 Å². The number of carbonyl (C=O) groups excluding carboxylic acids is 1. The molecule has 0 amide bonds. The first-order valence-electron chi connectivity index (χ1n) is 4.51. The standard InChI is InChI=1S/C11H8ClNO3/c1-5-2-6(12)3-7-9(5)13-11(16)8(4-14)10(7)15/h2-4H,1H3,(H2,13,15,16). The lowest BCUT2D eigenvalue weighted by molar-refractivity contribution is 0.111. The third-order valence-corrected chi connectivity index (χ3v) is 2.57. The number of aldehydes is 1. The Kier molecular flexibility index (Phi) is 2.44. The molecule has 2 N–H and O–H groups in total. The molecule has 0 atom stereocenters. The maximum absolute atomic E-state index is 10.7. The van der Waals surface area contributed by atoms with Crippen LogP contribution in [0.2, 0.25) is 5.02 Å². The van der Waals surface area contributed by atoms with Crippen molar-refractivity contribution < 1.29 is 15.0 Å². The summed E-state index contributed by atoms with van der Waals surface area (Å²) in [5, 5.41) is 20.0. The predicted molar refractivity (Wildman–Crippen MR) is 60.2 cm³/mol. The minimum absolute atomic E-state index is 0.228. The minimum Gasteiger partial charge on any atom is -0.506 e. The van der Waals surface area contributed by atoms with Crippen LogP contribution in [0.25, 0.3) is 10.9 Å². The van der Waals surface area contributed by atoms with Gasteiger partial charge in [-0.3, -0.25) is 4.79 Å². The van der Waals surface area contributed by atoms with E-state index in [0.717, 1.165) is 0 Å². The molecule has 0 saturated heterocycles. The Balaban J connectivity index is 2.98. The molecule has 16 heavy (non-hydrogen) atoms. The number of benzene rings is 1. The van der Waals surface area contributed by atoms with Crippen LogP contribution in [-0.4, -0.2) is 21.5 Å². The van der Waals surface area contributed by atoms with Crippen molar-refractivity contribution in [2.24, 2.45) is 0 Å². The lowest BCUT2D eigenvalue weighted by atomic mass is 10.1. The number of aromatic nitrogens is 1. The number of aromatic hydroxyl groups is 2. The van der Waals surface area contributed by atoms with Gasteiger partial charge in [-0.1, -0.05) is 11.6 Å². The molecule has 1 heterocycles. The first kappa shape index (κ1) is 10.7. The fourth-order valence-electron chi connectivity index (χ4n) is 1.59. The average Bonchev–Trinajstić information content (AvgIpc) is 2.21. The molecule has 5 heteroatoms. The molecule has 1 aromatic heterocycles. The van der Waals surface area contributed by atoms with Crippen LogP contribution in [0.5, 0.6) is 11.6 Å². The van der Waals surface area contributed by atoms with Gasteiger partial charge < -0.3 is 10.2 Å². The highest BCUT2D eigenvalue weighted by Gasteiger charge is 2.15. The number of nitrogens with zero attached hydrogens (tertiary/aromatic N) is 1. The summed E-state index contributed by atoms with van der Waals surface area (Å²) < 4.78 is 0. The first-order valence-corrected chi connectivity index (χ1v) is 4.89. The minimum atomic E-state index is -0.481. The van der Waals surface area contributed by atoms with Gasteiger partial charge in [-0.25, -0.2) is 4.98 Å². The SMILES string of the molecule is Cc1cc(Cl)cc2c(O)c(C=O)c(O)nc12. The Morgan fingerprint density at radius 1 is 1.38 bits per heavy atom. The van der Waals surface area contributed by atoms with Crippen LogP contribution < -0.4 is 0 Å². The summed E-state index contributed by atoms with van der Waals surface area (Å²) in [4.78, 5) is 14.5. The van der Waals surface area contributed by atoms with Crippen molar-refractivity contribution in [2.45, 2.75) is 6.92 Å². The van der Waals surface area contributed by atoms with Gasteiger partial charge in [0.05, 0.1) is 5.52 Å². The molecule has 0 aliphatic carbocycles. The summed E-state index contributed by atoms with van der Waals surface area (Å²) in [6, 6.07) is 3.16. The van der Waals surface area contributed by atoms with Crippen molar-refractivity contribution >= 4 is 28.8 Å². The van der Waals surface area contributed by atoms with Crippen molar-refractivity contribution in [3.05, 3.63) is 28.3 Å². The van der Waals surface area contributed by atoms with Crippen LogP contribution in [0.15, 0.2) is 12.1 Å². The third-order valence-electron chi connectivity index (χ3n) is 2.35. The smallest absolute Gasteiger partial charge is 0.226 e. The molecular weight excluding hydrogens is 230 g/mol. The predicted octanol–water partition coefficient (Wildman–Crippen LogP) is 2.42. The number of carbonyl (C=O) groups is 1. The molecule has 0 bridgehead atoms. The highest BCUT2D eigenvalue weighted by atomic mass is 35.5. The third kappa shape index (κ3) is 1.47. The zero-order valence-corrected chi connectivity index (χ0v) is 9.12. The van der Waals surface area contributed by atoms with Crippen molar-refractivity contribution in [1.82, 2.24) is 4.98 Å². The van der Waals surface area contributed by atoms with E-state index in [2.05, 4.69) is 4.98 Å². The summed E-state index contributed by atoms with van der Waals surface area (Å²) in [5.41, 5.74) is 0.907. The van der Waals surface area contributed by atoms with Gasteiger partial charge in [-0.2, -0.15) is 0 Å². The second kappa shape index (κ2) is 3.64. The van der Waals surface area contributed by atoms with E-state index in [1.54, 1.807) is 13.0 Å². The Labute approximate surface area is 96.1 Å². The monoisotopic (exact) mass is 237 g/mol. The Bertz CT molecular complexity index is 596. The Hall–Kier alpha value is -1.81. The summed E-state index contributed by atoms with van der Waals surface area (Å²) in [6.45, 7) is 1.75. The molecule has 1 aromatic carbocycles. The van der Waals surface area contributed by atoms with Crippen LogP contribution in [0.3, 0.4) is 0 Å². The number of rotatable bonds is 1. The van der Waals surface area contributed by atoms with Crippen LogP contribution in [-0.2, 0) is 0 Å². The van der Waals surface area contributed by atoms with E-state index in [4.69, 9.17) is 11.6 Å². The van der Waals surface area contributed by atoms with Crippen molar-refractivity contribution in [1.29, 1.82) is 0 Å². The number of hydrogen-bond donors (Lipinski definition) is 2. The average molecular weight is 238 g/mol. The van der Waals surface area contributed by atoms with Crippen LogP contribution >= 0.6 is 11.6 Å². The highest BCUT2D eigenvalue weighted by molar-refractivity contribution is 6.31. The van der Waals surface area contributed by atoms with Crippen LogP contribution in [0.4, 0.5) is 0 Å². The summed E-state index contributed by atoms with van der Waals surface area (Å²) in [7, 11) is 0. The van der Waals surface area contributed by atoms with Crippen LogP contribution in [0, 0.1) is 6.92 Å². The lowest BCUT2D eigenvalue weighted by Crippen LogP contribution is -1.91. The molecule has 0 fully saturated rings. The van der Waals surface area contributed by atoms with Gasteiger partial charge in [-0.15, -0.1) is 0 Å². The van der Waals surface area contributed by atoms with E-state index in [1.165, 1.54) is 6.07 Å². The zero-order valence-electron chi connectivity index (χ0n) is 8.36. The van der Waals surface area contributed by atoms with E-state index < -0.39 is 5.88 Å². The molecule has 0 aliphatic rings. The number of fused-ring (bicyclic) bond motifs is 1. The number of pyridine rings is 1. The van der Waals surface area contributed by atoms with Crippen LogP contribution in [0.1, 0.15) is 15.9 Å². The van der Waals surface area contributed by atoms with Crippen molar-refractivity contribution in [2.75, 3.05) is 0 Å². The topological polar surface area (TPSA) is 70.4 Å². The van der Waals surface area contributed by atoms with Gasteiger partial charge >= 0.3 is 0 Å². The normalized spacial score (nSPS) is 10.6. The van der Waals surface area contributed by atoms with Gasteiger partial charge in [0.1, 0.15) is 11.3 Å². The van der Waals surface area contributed by atoms with Gasteiger partial charge in [0.2, 0.25) is 5.88 Å². The molecule has 4 nitrogen and oxygen atoms in total. The fraction of sp³-hybridized carbons (Fsp3) is 0.0909. The molecule has 2 aromatic rings. The fourth-order valence-corrected chi connectivity index (χ4v) is 1.86. The van der Waals surface area contributed by atoms with E-state index in [-0.39, 0.29) is 11.3 Å². The van der Waals surface area contributed by atoms with E-state index >= 15 is 0 Å². The molecule has 82 valence electrons. The molecule has 0 saturated carbocycles. The Morgan fingerprint density at radius 2 is 2.06 bits per heavy atom. The summed E-state index contributed by atoms with van der Waals surface area (Å²) in [6.07, 6.45) is 0.355. The van der Waals surface area contributed by atoms with Crippen molar-refractivity contribution in [3.63, 3.8) is 0 Å². The van der Waals surface area contributed by atoms with E-state index in [1.807, 2.05) is 0 Å². The lowest BCUT2D eigenvalue weighted by Gasteiger charge is -2.07. The zero-order chi connectivity index (χ0) is 11.9. The first-order chi connectivity index (χ1) is 7.54. The second-order valence-corrected chi connectivity index (χ2v) is 3.87. The maximum atomic E-state index is 10.7. The molecule has 0 aliphatic heterocycles. The maximum Gasteiger partial charge on any atom is 0.226 e. The molecular formula is C11H8ClNO3. The number of halogens is 1. The largest absolute Gasteiger partial charge is 0.506 e. The molecule has 0 unspecified atom stereocenters. The Morgan fingerprint density at radius 3 is 2.69 bits per heavy atom. The molecule has 0 spiro atoms. The summed E-state index contributed by atoms with van der Waals surface area (Å²) in [5.74, 6) is -0.784. The quantitative estimate of drug-likeness (QED) is 0.748. The van der Waals surface area contributed by atoms with Crippen molar-refractivity contribution in [3.8, 4) is 11.6 Å². The van der Waals surface area contributed by atoms with E-state index in [0.29, 0.717) is 27.8 Å². The highest BCUT2D eigenvalue weighted by Crippen LogP contribution is 2.34. The van der Waals surface area contributed by atoms with Gasteiger partial charge in [0, 0.05) is 10.4 Å². The number of hydrogen-bond acceptors (Lipinski definition) is 4. The second-order valence-electron chi connectivity index (χ2n) is 3.43. The summed E-state index contributed by atoms with van der Waals surface area (Å²) >= 11 is 5.84. The molecule has 2 rings (SSSR count).